The van der Waals surface area contributed by atoms with E-state index in [1.165, 1.54) is 11.0 Å². The maximum atomic E-state index is 12.0. The van der Waals surface area contributed by atoms with Crippen molar-refractivity contribution >= 4 is 29.5 Å². The molecule has 0 spiro atoms. The van der Waals surface area contributed by atoms with E-state index in [-0.39, 0.29) is 17.7 Å². The Kier molecular flexibility index (Phi) is 4.21. The molecule has 21 heavy (non-hydrogen) atoms. The lowest BCUT2D eigenvalue weighted by Crippen LogP contribution is -2.42. The van der Waals surface area contributed by atoms with Crippen molar-refractivity contribution in [2.24, 2.45) is 5.92 Å². The second-order valence-corrected chi connectivity index (χ2v) is 5.35. The molecule has 2 amide bonds. The summed E-state index contributed by atoms with van der Waals surface area (Å²) in [5.41, 5.74) is 2.09. The van der Waals surface area contributed by atoms with E-state index >= 15 is 0 Å². The summed E-state index contributed by atoms with van der Waals surface area (Å²) in [4.78, 5) is 35.8. The van der Waals surface area contributed by atoms with E-state index in [0.717, 1.165) is 17.2 Å². The lowest BCUT2D eigenvalue weighted by molar-refractivity contribution is -0.132. The van der Waals surface area contributed by atoms with Crippen LogP contribution in [-0.2, 0) is 14.4 Å². The lowest BCUT2D eigenvalue weighted by atomic mass is 9.96. The highest BCUT2D eigenvalue weighted by molar-refractivity contribution is 6.16. The molecule has 0 aliphatic carbocycles. The van der Waals surface area contributed by atoms with E-state index in [4.69, 9.17) is 5.11 Å². The van der Waals surface area contributed by atoms with Gasteiger partial charge in [0.15, 0.2) is 0 Å². The molecule has 5 heteroatoms. The van der Waals surface area contributed by atoms with Gasteiger partial charge in [0.2, 0.25) is 11.8 Å². The Balaban J connectivity index is 2.29. The number of piperidine rings is 1. The monoisotopic (exact) mass is 287 g/mol. The van der Waals surface area contributed by atoms with E-state index in [9.17, 15) is 14.4 Å². The van der Waals surface area contributed by atoms with Crippen LogP contribution in [0.5, 0.6) is 0 Å². The Morgan fingerprint density at radius 3 is 2.43 bits per heavy atom. The molecule has 1 aliphatic rings. The van der Waals surface area contributed by atoms with Crippen molar-refractivity contribution in [1.82, 2.24) is 0 Å². The molecule has 1 aromatic rings. The Labute approximate surface area is 122 Å². The van der Waals surface area contributed by atoms with Gasteiger partial charge in [0.05, 0.1) is 5.69 Å². The van der Waals surface area contributed by atoms with Gasteiger partial charge < -0.3 is 5.11 Å². The number of nitrogens with zero attached hydrogens (tertiary/aromatic N) is 1. The number of aryl methyl sites for hydroxylation is 1. The SMILES string of the molecule is Cc1cc(N2C(=O)CC(C)CC2=O)ccc1C=CC(=O)O. The third kappa shape index (κ3) is 3.37. The van der Waals surface area contributed by atoms with Crippen molar-refractivity contribution in [3.8, 4) is 0 Å². The molecule has 0 saturated carbocycles. The van der Waals surface area contributed by atoms with Crippen LogP contribution in [0.2, 0.25) is 0 Å². The van der Waals surface area contributed by atoms with Crippen molar-refractivity contribution in [3.63, 3.8) is 0 Å². The number of carboxylic acid groups (broad SMARTS) is 1. The van der Waals surface area contributed by atoms with Gasteiger partial charge in [-0.1, -0.05) is 13.0 Å². The van der Waals surface area contributed by atoms with Crippen LogP contribution in [0.1, 0.15) is 30.9 Å². The average molecular weight is 287 g/mol. The summed E-state index contributed by atoms with van der Waals surface area (Å²) >= 11 is 0. The molecule has 0 atom stereocenters. The number of aliphatic carboxylic acids is 1. The molecular formula is C16H17NO4. The first kappa shape index (κ1) is 15.0. The third-order valence-corrected chi connectivity index (χ3v) is 3.46. The fraction of sp³-hybridized carbons (Fsp3) is 0.312. The van der Waals surface area contributed by atoms with Crippen molar-refractivity contribution in [3.05, 3.63) is 35.4 Å². The van der Waals surface area contributed by atoms with Crippen LogP contribution in [0.4, 0.5) is 5.69 Å². The molecule has 0 bridgehead atoms. The number of imide groups is 1. The second-order valence-electron chi connectivity index (χ2n) is 5.35. The van der Waals surface area contributed by atoms with Gasteiger partial charge in [-0.25, -0.2) is 4.79 Å². The molecule has 1 N–H and O–H groups in total. The Morgan fingerprint density at radius 2 is 1.90 bits per heavy atom. The first-order chi connectivity index (χ1) is 9.88. The summed E-state index contributed by atoms with van der Waals surface area (Å²) in [6.07, 6.45) is 3.28. The Morgan fingerprint density at radius 1 is 1.29 bits per heavy atom. The van der Waals surface area contributed by atoms with Gasteiger partial charge >= 0.3 is 5.97 Å². The predicted molar refractivity (Wildman–Crippen MR) is 78.7 cm³/mol. The van der Waals surface area contributed by atoms with Gasteiger partial charge in [0.25, 0.3) is 0 Å². The summed E-state index contributed by atoms with van der Waals surface area (Å²) < 4.78 is 0. The fourth-order valence-corrected chi connectivity index (χ4v) is 2.43. The third-order valence-electron chi connectivity index (χ3n) is 3.46. The first-order valence-corrected chi connectivity index (χ1v) is 6.76. The van der Waals surface area contributed by atoms with Crippen LogP contribution in [0.15, 0.2) is 24.3 Å². The highest BCUT2D eigenvalue weighted by Crippen LogP contribution is 2.27. The number of hydrogen-bond donors (Lipinski definition) is 1. The van der Waals surface area contributed by atoms with Gasteiger partial charge in [-0.2, -0.15) is 0 Å². The van der Waals surface area contributed by atoms with E-state index in [0.29, 0.717) is 18.5 Å². The smallest absolute Gasteiger partial charge is 0.328 e. The van der Waals surface area contributed by atoms with Crippen LogP contribution in [0.3, 0.4) is 0 Å². The number of carboxylic acids is 1. The predicted octanol–water partition coefficient (Wildman–Crippen LogP) is 2.38. The minimum Gasteiger partial charge on any atom is -0.478 e. The quantitative estimate of drug-likeness (QED) is 0.684. The molecule has 0 aromatic heterocycles. The normalized spacial score (nSPS) is 16.8. The van der Waals surface area contributed by atoms with Crippen LogP contribution in [0, 0.1) is 12.8 Å². The molecular weight excluding hydrogens is 270 g/mol. The molecule has 0 radical (unpaired) electrons. The standard InChI is InChI=1S/C16H17NO4/c1-10-7-14(18)17(15(19)8-10)13-5-3-12(11(2)9-13)4-6-16(20)21/h3-6,9-10H,7-8H2,1-2H3,(H,20,21). The zero-order valence-corrected chi connectivity index (χ0v) is 12.0. The molecule has 2 rings (SSSR count). The van der Waals surface area contributed by atoms with E-state index in [1.54, 1.807) is 18.2 Å². The van der Waals surface area contributed by atoms with E-state index in [1.807, 2.05) is 13.8 Å². The molecule has 1 fully saturated rings. The van der Waals surface area contributed by atoms with Crippen molar-refractivity contribution in [2.75, 3.05) is 4.90 Å². The molecule has 1 saturated heterocycles. The van der Waals surface area contributed by atoms with Gasteiger partial charge in [0.1, 0.15) is 0 Å². The second kappa shape index (κ2) is 5.91. The maximum Gasteiger partial charge on any atom is 0.328 e. The zero-order chi connectivity index (χ0) is 15.6. The largest absolute Gasteiger partial charge is 0.478 e. The topological polar surface area (TPSA) is 74.7 Å². The van der Waals surface area contributed by atoms with Gasteiger partial charge in [-0.05, 0) is 42.2 Å². The summed E-state index contributed by atoms with van der Waals surface area (Å²) in [7, 11) is 0. The van der Waals surface area contributed by atoms with Crippen LogP contribution < -0.4 is 4.90 Å². The summed E-state index contributed by atoms with van der Waals surface area (Å²) in [6.45, 7) is 3.70. The summed E-state index contributed by atoms with van der Waals surface area (Å²) in [5, 5.41) is 8.63. The molecule has 1 aliphatic heterocycles. The highest BCUT2D eigenvalue weighted by Gasteiger charge is 2.31. The number of anilines is 1. The minimum atomic E-state index is -1.02. The van der Waals surface area contributed by atoms with Crippen molar-refractivity contribution in [1.29, 1.82) is 0 Å². The highest BCUT2D eigenvalue weighted by atomic mass is 16.4. The maximum absolute atomic E-state index is 12.0. The number of amides is 2. The average Bonchev–Trinajstić information content (AvgIpc) is 2.36. The van der Waals surface area contributed by atoms with E-state index in [2.05, 4.69) is 0 Å². The number of carbonyl (C=O) groups excluding carboxylic acids is 2. The Bertz CT molecular complexity index is 615. The summed E-state index contributed by atoms with van der Waals surface area (Å²) in [6, 6.07) is 5.11. The fourth-order valence-electron chi connectivity index (χ4n) is 2.43. The zero-order valence-electron chi connectivity index (χ0n) is 12.0. The number of rotatable bonds is 3. The number of hydrogen-bond acceptors (Lipinski definition) is 3. The van der Waals surface area contributed by atoms with Crippen LogP contribution in [0.25, 0.3) is 6.08 Å². The van der Waals surface area contributed by atoms with E-state index < -0.39 is 5.97 Å². The van der Waals surface area contributed by atoms with Crippen LogP contribution in [-0.4, -0.2) is 22.9 Å². The number of benzene rings is 1. The Hall–Kier alpha value is -2.43. The molecule has 1 aromatic carbocycles. The summed E-state index contributed by atoms with van der Waals surface area (Å²) in [5.74, 6) is -1.31. The molecule has 5 nitrogen and oxygen atoms in total. The van der Waals surface area contributed by atoms with Gasteiger partial charge in [-0.3, -0.25) is 14.5 Å². The number of carbonyl (C=O) groups is 3. The van der Waals surface area contributed by atoms with Gasteiger partial charge in [-0.15, -0.1) is 0 Å². The van der Waals surface area contributed by atoms with Crippen molar-refractivity contribution < 1.29 is 19.5 Å². The van der Waals surface area contributed by atoms with Crippen LogP contribution >= 0.6 is 0 Å². The lowest BCUT2D eigenvalue weighted by Gasteiger charge is -2.28. The minimum absolute atomic E-state index is 0.0834. The van der Waals surface area contributed by atoms with Gasteiger partial charge in [0, 0.05) is 18.9 Å². The van der Waals surface area contributed by atoms with Crippen molar-refractivity contribution in [2.45, 2.75) is 26.7 Å². The first-order valence-electron chi connectivity index (χ1n) is 6.76. The molecule has 110 valence electrons. The molecule has 1 heterocycles. The molecule has 0 unspecified atom stereocenters.